The number of amides is 1. The second-order valence-corrected chi connectivity index (χ2v) is 9.92. The van der Waals surface area contributed by atoms with Crippen molar-refractivity contribution in [3.05, 3.63) is 58.4 Å². The van der Waals surface area contributed by atoms with Gasteiger partial charge in [0.05, 0.1) is 18.2 Å². The maximum absolute atomic E-state index is 13.4. The fourth-order valence-corrected chi connectivity index (χ4v) is 5.18. The second-order valence-electron chi connectivity index (χ2n) is 8.04. The molecule has 2 atom stereocenters. The van der Waals surface area contributed by atoms with Gasteiger partial charge in [-0.3, -0.25) is 9.69 Å². The Kier molecular flexibility index (Phi) is 8.87. The van der Waals surface area contributed by atoms with Gasteiger partial charge in [-0.15, -0.1) is 11.8 Å². The lowest BCUT2D eigenvalue weighted by molar-refractivity contribution is 0.0313. The number of ether oxygens (including phenoxy) is 1. The lowest BCUT2D eigenvalue weighted by atomic mass is 10.1. The van der Waals surface area contributed by atoms with Crippen molar-refractivity contribution in [1.82, 2.24) is 4.90 Å². The van der Waals surface area contributed by atoms with E-state index in [4.69, 9.17) is 16.3 Å². The molecule has 2 aromatic rings. The van der Waals surface area contributed by atoms with E-state index in [2.05, 4.69) is 24.1 Å². The molecule has 0 saturated carbocycles. The van der Waals surface area contributed by atoms with Gasteiger partial charge in [-0.05, 0) is 30.5 Å². The molecule has 0 aromatic heterocycles. The third-order valence-electron chi connectivity index (χ3n) is 5.17. The number of halogens is 4. The number of anilines is 1. The van der Waals surface area contributed by atoms with Crippen LogP contribution in [0, 0.1) is 23.4 Å². The highest BCUT2D eigenvalue weighted by Gasteiger charge is 2.18. The number of hydrogen-bond acceptors (Lipinski definition) is 4. The van der Waals surface area contributed by atoms with Gasteiger partial charge in [-0.2, -0.15) is 0 Å². The molecule has 1 fully saturated rings. The van der Waals surface area contributed by atoms with Crippen LogP contribution >= 0.6 is 23.4 Å². The molecule has 0 spiro atoms. The Hall–Kier alpha value is -1.74. The summed E-state index contributed by atoms with van der Waals surface area (Å²) in [7, 11) is 0. The van der Waals surface area contributed by atoms with Crippen molar-refractivity contribution < 1.29 is 22.7 Å². The summed E-state index contributed by atoms with van der Waals surface area (Å²) in [5, 5.41) is 3.18. The lowest BCUT2D eigenvalue weighted by Crippen LogP contribution is -2.39. The van der Waals surface area contributed by atoms with Crippen LogP contribution in [-0.4, -0.2) is 48.9 Å². The highest BCUT2D eigenvalue weighted by Crippen LogP contribution is 2.34. The van der Waals surface area contributed by atoms with Crippen LogP contribution in [0.4, 0.5) is 18.9 Å². The Morgan fingerprint density at radius 2 is 1.81 bits per heavy atom. The van der Waals surface area contributed by atoms with E-state index in [1.165, 1.54) is 6.07 Å². The third-order valence-corrected chi connectivity index (χ3v) is 6.80. The molecule has 1 heterocycles. The number of carbonyl (C=O) groups is 1. The van der Waals surface area contributed by atoms with E-state index in [0.29, 0.717) is 10.9 Å². The highest BCUT2D eigenvalue weighted by atomic mass is 35.5. The molecule has 174 valence electrons. The minimum absolute atomic E-state index is 0.166. The van der Waals surface area contributed by atoms with E-state index < -0.39 is 23.4 Å². The van der Waals surface area contributed by atoms with Crippen LogP contribution in [0.25, 0.3) is 0 Å². The molecule has 4 nitrogen and oxygen atoms in total. The molecule has 2 unspecified atom stereocenters. The predicted octanol–water partition coefficient (Wildman–Crippen LogP) is 5.85. The van der Waals surface area contributed by atoms with E-state index in [1.807, 2.05) is 0 Å². The van der Waals surface area contributed by atoms with Crippen LogP contribution in [0.3, 0.4) is 0 Å². The first-order chi connectivity index (χ1) is 15.2. The van der Waals surface area contributed by atoms with Crippen molar-refractivity contribution in [3.63, 3.8) is 0 Å². The number of nitrogens with one attached hydrogen (secondary N) is 1. The minimum Gasteiger partial charge on any atom is -0.379 e. The van der Waals surface area contributed by atoms with Crippen LogP contribution in [0.5, 0.6) is 0 Å². The van der Waals surface area contributed by atoms with Crippen LogP contribution in [0.15, 0.2) is 35.2 Å². The summed E-state index contributed by atoms with van der Waals surface area (Å²) in [4.78, 5) is 15.7. The minimum atomic E-state index is -1.58. The van der Waals surface area contributed by atoms with Gasteiger partial charge in [-0.1, -0.05) is 25.4 Å². The van der Waals surface area contributed by atoms with Crippen LogP contribution in [0.2, 0.25) is 5.02 Å². The van der Waals surface area contributed by atoms with E-state index in [9.17, 15) is 18.0 Å². The van der Waals surface area contributed by atoms with Gasteiger partial charge in [0.2, 0.25) is 0 Å². The fourth-order valence-electron chi connectivity index (χ4n) is 3.70. The number of nitrogens with zero attached hydrogens (tertiary/aromatic N) is 1. The molecule has 32 heavy (non-hydrogen) atoms. The molecule has 1 saturated heterocycles. The number of carbonyl (C=O) groups excluding carboxylic acids is 1. The Morgan fingerprint density at radius 1 is 1.16 bits per heavy atom. The molecule has 1 N–H and O–H groups in total. The first-order valence-corrected chi connectivity index (χ1v) is 11.7. The average molecular weight is 487 g/mol. The van der Waals surface area contributed by atoms with Crippen molar-refractivity contribution in [2.45, 2.75) is 30.4 Å². The molecule has 3 rings (SSSR count). The molecule has 1 amide bonds. The molecular weight excluding hydrogens is 461 g/mol. The van der Waals surface area contributed by atoms with Crippen molar-refractivity contribution in [3.8, 4) is 0 Å². The Labute approximate surface area is 195 Å². The summed E-state index contributed by atoms with van der Waals surface area (Å²) in [5.41, 5.74) is 0.122. The van der Waals surface area contributed by atoms with E-state index in [1.54, 1.807) is 23.9 Å². The van der Waals surface area contributed by atoms with Gasteiger partial charge in [0, 0.05) is 53.2 Å². The second kappa shape index (κ2) is 11.4. The molecule has 1 aliphatic rings. The number of morpholine rings is 1. The van der Waals surface area contributed by atoms with Gasteiger partial charge in [0.15, 0.2) is 17.5 Å². The van der Waals surface area contributed by atoms with Gasteiger partial charge in [0.1, 0.15) is 0 Å². The normalized spacial score (nSPS) is 16.6. The number of hydrogen-bond donors (Lipinski definition) is 1. The van der Waals surface area contributed by atoms with E-state index in [-0.39, 0.29) is 16.5 Å². The Bertz CT molecular complexity index is 934. The largest absolute Gasteiger partial charge is 0.379 e. The molecule has 0 radical (unpaired) electrons. The zero-order valence-electron chi connectivity index (χ0n) is 18.0. The van der Waals surface area contributed by atoms with Crippen molar-refractivity contribution in [1.29, 1.82) is 0 Å². The van der Waals surface area contributed by atoms with E-state index >= 15 is 0 Å². The highest BCUT2D eigenvalue weighted by molar-refractivity contribution is 8.00. The molecule has 2 aromatic carbocycles. The summed E-state index contributed by atoms with van der Waals surface area (Å²) in [5.74, 6) is -4.39. The van der Waals surface area contributed by atoms with Gasteiger partial charge in [0.25, 0.3) is 5.91 Å². The summed E-state index contributed by atoms with van der Waals surface area (Å²) in [6, 6.07) is 6.28. The maximum Gasteiger partial charge on any atom is 0.255 e. The van der Waals surface area contributed by atoms with Crippen LogP contribution < -0.4 is 5.32 Å². The maximum atomic E-state index is 13.4. The van der Waals surface area contributed by atoms with Gasteiger partial charge < -0.3 is 10.1 Å². The number of benzene rings is 2. The van der Waals surface area contributed by atoms with Gasteiger partial charge in [-0.25, -0.2) is 13.2 Å². The van der Waals surface area contributed by atoms with Gasteiger partial charge >= 0.3 is 0 Å². The van der Waals surface area contributed by atoms with Crippen LogP contribution in [-0.2, 0) is 4.74 Å². The summed E-state index contributed by atoms with van der Waals surface area (Å²) in [6.07, 6.45) is 0.975. The van der Waals surface area contributed by atoms with Crippen LogP contribution in [0.1, 0.15) is 30.6 Å². The Balaban J connectivity index is 1.61. The SMILES string of the molecule is CC(CC(C)Sc1cc(C(=O)Nc2cc(F)c(F)c(F)c2)ccc1Cl)CN1CCOCC1. The average Bonchev–Trinajstić information content (AvgIpc) is 2.74. The molecule has 1 aliphatic heterocycles. The third kappa shape index (κ3) is 6.88. The van der Waals surface area contributed by atoms with Crippen molar-refractivity contribution in [2.24, 2.45) is 5.92 Å². The monoisotopic (exact) mass is 486 g/mol. The molecule has 9 heteroatoms. The topological polar surface area (TPSA) is 41.6 Å². The zero-order chi connectivity index (χ0) is 23.3. The molecule has 0 bridgehead atoms. The standard InChI is InChI=1S/C23H26ClF3N2O2S/c1-14(13-29-5-7-31-8-6-29)9-15(2)32-21-10-16(3-4-18(21)24)23(30)28-17-11-19(25)22(27)20(26)12-17/h3-4,10-12,14-15H,5-9,13H2,1-2H3,(H,28,30). The summed E-state index contributed by atoms with van der Waals surface area (Å²) >= 11 is 7.92. The first kappa shape index (κ1) is 24.9. The number of rotatable bonds is 8. The number of thioether (sulfide) groups is 1. The zero-order valence-corrected chi connectivity index (χ0v) is 19.5. The Morgan fingerprint density at radius 3 is 2.47 bits per heavy atom. The van der Waals surface area contributed by atoms with Crippen molar-refractivity contribution in [2.75, 3.05) is 38.2 Å². The summed E-state index contributed by atoms with van der Waals surface area (Å²) < 4.78 is 45.3. The fraction of sp³-hybridized carbons (Fsp3) is 0.435. The molecular formula is C23H26ClF3N2O2S. The smallest absolute Gasteiger partial charge is 0.255 e. The molecule has 0 aliphatic carbocycles. The summed E-state index contributed by atoms with van der Waals surface area (Å²) in [6.45, 7) is 8.81. The quantitative estimate of drug-likeness (QED) is 0.375. The van der Waals surface area contributed by atoms with E-state index in [0.717, 1.165) is 56.3 Å². The first-order valence-electron chi connectivity index (χ1n) is 10.4. The lowest BCUT2D eigenvalue weighted by Gasteiger charge is -2.30. The van der Waals surface area contributed by atoms with Crippen molar-refractivity contribution >= 4 is 35.0 Å². The predicted molar refractivity (Wildman–Crippen MR) is 122 cm³/mol.